The van der Waals surface area contributed by atoms with Crippen LogP contribution in [0, 0.1) is 5.92 Å². The zero-order valence-corrected chi connectivity index (χ0v) is 22.4. The first-order valence-electron chi connectivity index (χ1n) is 13.3. The lowest BCUT2D eigenvalue weighted by Crippen LogP contribution is -2.45. The molecule has 2 heterocycles. The molecule has 1 saturated heterocycles. The molecule has 7 nitrogen and oxygen atoms in total. The lowest BCUT2D eigenvalue weighted by molar-refractivity contribution is -0.276. The van der Waals surface area contributed by atoms with Crippen molar-refractivity contribution < 1.29 is 24.1 Å². The number of ether oxygens (including phenoxy) is 4. The maximum Gasteiger partial charge on any atom is 0.184 e. The molecule has 2 aliphatic rings. The van der Waals surface area contributed by atoms with Crippen LogP contribution < -0.4 is 15.2 Å². The number of hydrogen-bond donors (Lipinski definition) is 2. The highest BCUT2D eigenvalue weighted by atomic mass is 16.7. The maximum absolute atomic E-state index is 9.50. The lowest BCUT2D eigenvalue weighted by Gasteiger charge is -2.43. The first-order chi connectivity index (χ1) is 18.5. The molecule has 0 bridgehead atoms. The number of benzene rings is 3. The predicted molar refractivity (Wildman–Crippen MR) is 146 cm³/mol. The number of hydrogen-bond acceptors (Lipinski definition) is 7. The zero-order chi connectivity index (χ0) is 26.6. The average Bonchev–Trinajstić information content (AvgIpc) is 2.97. The quantitative estimate of drug-likeness (QED) is 0.454. The van der Waals surface area contributed by atoms with Gasteiger partial charge in [0.15, 0.2) is 17.8 Å². The molecule has 5 rings (SSSR count). The fourth-order valence-electron chi connectivity index (χ4n) is 5.49. The summed E-state index contributed by atoms with van der Waals surface area (Å²) in [6.07, 6.45) is 0.296. The Morgan fingerprint density at radius 3 is 2.16 bits per heavy atom. The Bertz CT molecular complexity index is 1210. The molecule has 0 radical (unpaired) electrons. The second kappa shape index (κ2) is 11.8. The monoisotopic (exact) mass is 518 g/mol. The van der Waals surface area contributed by atoms with Gasteiger partial charge < -0.3 is 29.8 Å². The third kappa shape index (κ3) is 5.58. The Morgan fingerprint density at radius 2 is 1.53 bits per heavy atom. The number of nitrogens with two attached hydrogens (primary N) is 1. The third-order valence-corrected chi connectivity index (χ3v) is 7.85. The van der Waals surface area contributed by atoms with Crippen molar-refractivity contribution in [3.05, 3.63) is 94.0 Å². The Balaban J connectivity index is 1.39. The number of rotatable bonds is 8. The fraction of sp³-hybridized carbons (Fsp3) is 0.419. The minimum absolute atomic E-state index is 0.0241. The van der Waals surface area contributed by atoms with Gasteiger partial charge in [0, 0.05) is 37.7 Å². The summed E-state index contributed by atoms with van der Waals surface area (Å²) in [5, 5.41) is 9.50. The molecule has 1 unspecified atom stereocenters. The minimum Gasteiger partial charge on any atom is -0.493 e. The van der Waals surface area contributed by atoms with E-state index in [0.717, 1.165) is 59.8 Å². The van der Waals surface area contributed by atoms with Crippen molar-refractivity contribution in [2.45, 2.75) is 51.5 Å². The highest BCUT2D eigenvalue weighted by Crippen LogP contribution is 2.42. The van der Waals surface area contributed by atoms with E-state index in [4.69, 9.17) is 24.7 Å². The molecular weight excluding hydrogens is 480 g/mol. The minimum atomic E-state index is -0.480. The van der Waals surface area contributed by atoms with Crippen LogP contribution in [0.5, 0.6) is 11.5 Å². The van der Waals surface area contributed by atoms with Crippen molar-refractivity contribution in [3.63, 3.8) is 0 Å². The van der Waals surface area contributed by atoms with Crippen LogP contribution >= 0.6 is 0 Å². The van der Waals surface area contributed by atoms with Crippen molar-refractivity contribution in [2.75, 3.05) is 27.3 Å². The van der Waals surface area contributed by atoms with Crippen LogP contribution in [0.15, 0.2) is 60.7 Å². The van der Waals surface area contributed by atoms with E-state index < -0.39 is 6.29 Å². The summed E-state index contributed by atoms with van der Waals surface area (Å²) in [5.74, 6) is 1.66. The summed E-state index contributed by atoms with van der Waals surface area (Å²) in [6, 6.07) is 20.4. The molecule has 7 heteroatoms. The average molecular weight is 519 g/mol. The van der Waals surface area contributed by atoms with E-state index >= 15 is 0 Å². The fourth-order valence-corrected chi connectivity index (χ4v) is 5.49. The number of aliphatic hydroxyl groups excluding tert-OH is 1. The molecule has 0 saturated carbocycles. The molecule has 38 heavy (non-hydrogen) atoms. The molecule has 0 amide bonds. The van der Waals surface area contributed by atoms with E-state index in [0.29, 0.717) is 6.54 Å². The van der Waals surface area contributed by atoms with Crippen LogP contribution in [0.25, 0.3) is 0 Å². The summed E-state index contributed by atoms with van der Waals surface area (Å²) in [4.78, 5) is 2.46. The molecule has 0 spiro atoms. The van der Waals surface area contributed by atoms with Crippen LogP contribution in [-0.2, 0) is 35.6 Å². The van der Waals surface area contributed by atoms with E-state index in [-0.39, 0.29) is 24.7 Å². The Kier molecular flexibility index (Phi) is 8.31. The smallest absolute Gasteiger partial charge is 0.184 e. The van der Waals surface area contributed by atoms with Crippen molar-refractivity contribution in [2.24, 2.45) is 11.7 Å². The van der Waals surface area contributed by atoms with Gasteiger partial charge in [-0.25, -0.2) is 0 Å². The Hall–Kier alpha value is -2.94. The summed E-state index contributed by atoms with van der Waals surface area (Å²) in [5.41, 5.74) is 12.4. The van der Waals surface area contributed by atoms with Crippen molar-refractivity contribution >= 4 is 0 Å². The van der Waals surface area contributed by atoms with E-state index in [1.165, 1.54) is 11.1 Å². The summed E-state index contributed by atoms with van der Waals surface area (Å²) in [7, 11) is 3.35. The molecule has 202 valence electrons. The molecular formula is C31H38N2O5. The standard InChI is InChI=1S/C31H38N2O5/c1-20-29(18-33-13-12-25-14-27(35-2)28(36-3)15-26(25)17-33)37-31(24-10-4-21(16-32)5-11-24)38-30(20)23-8-6-22(19-34)7-9-23/h4-11,14-15,20,29-31,34H,12-13,16-19,32H2,1-3H3/t20-,29+,30+,31?/m0/s1. The highest BCUT2D eigenvalue weighted by Gasteiger charge is 2.39. The number of aliphatic hydroxyl groups is 1. The maximum atomic E-state index is 9.50. The third-order valence-electron chi connectivity index (χ3n) is 7.85. The molecule has 2 aliphatic heterocycles. The molecule has 3 aromatic rings. The summed E-state index contributed by atoms with van der Waals surface area (Å²) >= 11 is 0. The van der Waals surface area contributed by atoms with E-state index in [9.17, 15) is 5.11 Å². The van der Waals surface area contributed by atoms with E-state index in [1.807, 2.05) is 36.4 Å². The van der Waals surface area contributed by atoms with Crippen LogP contribution in [0.1, 0.15) is 52.7 Å². The first kappa shape index (κ1) is 26.7. The van der Waals surface area contributed by atoms with Crippen molar-refractivity contribution in [3.8, 4) is 11.5 Å². The van der Waals surface area contributed by atoms with Crippen molar-refractivity contribution in [1.29, 1.82) is 0 Å². The topological polar surface area (TPSA) is 86.4 Å². The van der Waals surface area contributed by atoms with Gasteiger partial charge in [0.25, 0.3) is 0 Å². The van der Waals surface area contributed by atoms with Crippen LogP contribution in [0.3, 0.4) is 0 Å². The van der Waals surface area contributed by atoms with Gasteiger partial charge in [-0.2, -0.15) is 0 Å². The SMILES string of the molecule is COc1cc2c(cc1OC)CN(C[C@H]1OC(c3ccc(CN)cc3)O[C@@H](c3ccc(CO)cc3)[C@H]1C)CC2. The van der Waals surface area contributed by atoms with Crippen LogP contribution in [-0.4, -0.2) is 43.4 Å². The second-order valence-corrected chi connectivity index (χ2v) is 10.2. The zero-order valence-electron chi connectivity index (χ0n) is 22.4. The van der Waals surface area contributed by atoms with Gasteiger partial charge in [-0.1, -0.05) is 55.5 Å². The number of methoxy groups -OCH3 is 2. The normalized spacial score (nSPS) is 23.6. The second-order valence-electron chi connectivity index (χ2n) is 10.2. The largest absolute Gasteiger partial charge is 0.493 e. The van der Waals surface area contributed by atoms with Crippen LogP contribution in [0.4, 0.5) is 0 Å². The Morgan fingerprint density at radius 1 is 0.895 bits per heavy atom. The van der Waals surface area contributed by atoms with E-state index in [2.05, 4.69) is 36.1 Å². The van der Waals surface area contributed by atoms with Gasteiger partial charge in [0.05, 0.1) is 33.0 Å². The molecule has 0 aliphatic carbocycles. The van der Waals surface area contributed by atoms with Gasteiger partial charge in [0.2, 0.25) is 0 Å². The first-order valence-corrected chi connectivity index (χ1v) is 13.3. The molecule has 1 fully saturated rings. The summed E-state index contributed by atoms with van der Waals surface area (Å²) < 4.78 is 24.3. The molecule has 3 aromatic carbocycles. The van der Waals surface area contributed by atoms with Gasteiger partial charge >= 0.3 is 0 Å². The summed E-state index contributed by atoms with van der Waals surface area (Å²) in [6.45, 7) is 5.29. The number of fused-ring (bicyclic) bond motifs is 1. The molecule has 0 aromatic heterocycles. The van der Waals surface area contributed by atoms with Crippen LogP contribution in [0.2, 0.25) is 0 Å². The predicted octanol–water partition coefficient (Wildman–Crippen LogP) is 4.50. The van der Waals surface area contributed by atoms with Gasteiger partial charge in [-0.05, 0) is 46.4 Å². The molecule has 3 N–H and O–H groups in total. The van der Waals surface area contributed by atoms with Gasteiger partial charge in [0.1, 0.15) is 0 Å². The van der Waals surface area contributed by atoms with E-state index in [1.54, 1.807) is 14.2 Å². The number of nitrogens with zero attached hydrogens (tertiary/aromatic N) is 1. The Labute approximate surface area is 225 Å². The van der Waals surface area contributed by atoms with Gasteiger partial charge in [-0.15, -0.1) is 0 Å². The molecule has 4 atom stereocenters. The lowest BCUT2D eigenvalue weighted by atomic mass is 9.89. The van der Waals surface area contributed by atoms with Crippen molar-refractivity contribution in [1.82, 2.24) is 4.90 Å². The van der Waals surface area contributed by atoms with Gasteiger partial charge in [-0.3, -0.25) is 4.90 Å². The highest BCUT2D eigenvalue weighted by molar-refractivity contribution is 5.48.